The molecule has 0 N–H and O–H groups in total. The largest absolute Gasteiger partial charge is 0.489 e. The van der Waals surface area contributed by atoms with Crippen LogP contribution in [-0.2, 0) is 5.75 Å². The second-order valence-corrected chi connectivity index (χ2v) is 7.30. The van der Waals surface area contributed by atoms with Crippen LogP contribution in [-0.4, -0.2) is 33.4 Å². The number of aryl methyl sites for hydroxylation is 1. The summed E-state index contributed by atoms with van der Waals surface area (Å²) in [5.41, 5.74) is 3.15. The lowest BCUT2D eigenvalue weighted by Gasteiger charge is -2.11. The molecule has 0 fully saturated rings. The Hall–Kier alpha value is -2.25. The first-order valence-electron chi connectivity index (χ1n) is 8.27. The maximum Gasteiger partial charge on any atom is 0.214 e. The highest BCUT2D eigenvalue weighted by Crippen LogP contribution is 2.39. The molecule has 0 aliphatic carbocycles. The standard InChI is InChI=1S/C18H17ClN4O2S/c1-12-3-5-14(6-4-12)23-18(20-21-22-23)26-11-13-9-15(19)17-16(10-13)24-7-2-8-25-17/h3-6,9-10H,2,7-8,11H2,1H3. The fourth-order valence-electron chi connectivity index (χ4n) is 2.63. The van der Waals surface area contributed by atoms with Gasteiger partial charge in [0, 0.05) is 12.2 Å². The van der Waals surface area contributed by atoms with Gasteiger partial charge in [-0.05, 0) is 47.2 Å². The van der Waals surface area contributed by atoms with Crippen molar-refractivity contribution >= 4 is 23.4 Å². The van der Waals surface area contributed by atoms with E-state index >= 15 is 0 Å². The quantitative estimate of drug-likeness (QED) is 0.627. The van der Waals surface area contributed by atoms with Crippen LogP contribution < -0.4 is 9.47 Å². The molecule has 1 aliphatic rings. The first kappa shape index (κ1) is 17.2. The zero-order chi connectivity index (χ0) is 17.9. The maximum atomic E-state index is 6.36. The van der Waals surface area contributed by atoms with Crippen molar-refractivity contribution in [1.29, 1.82) is 0 Å². The predicted molar refractivity (Wildman–Crippen MR) is 101 cm³/mol. The van der Waals surface area contributed by atoms with E-state index in [-0.39, 0.29) is 0 Å². The zero-order valence-electron chi connectivity index (χ0n) is 14.2. The average molecular weight is 389 g/mol. The van der Waals surface area contributed by atoms with Gasteiger partial charge in [0.2, 0.25) is 5.16 Å². The van der Waals surface area contributed by atoms with Crippen molar-refractivity contribution in [2.45, 2.75) is 24.3 Å². The lowest BCUT2D eigenvalue weighted by atomic mass is 10.2. The number of hydrogen-bond acceptors (Lipinski definition) is 6. The lowest BCUT2D eigenvalue weighted by molar-refractivity contribution is 0.297. The van der Waals surface area contributed by atoms with Crippen LogP contribution in [0, 0.1) is 6.92 Å². The molecular formula is C18H17ClN4O2S. The number of thioether (sulfide) groups is 1. The van der Waals surface area contributed by atoms with Crippen molar-refractivity contribution in [3.05, 3.63) is 52.5 Å². The minimum atomic E-state index is 0.568. The molecule has 0 saturated carbocycles. The molecule has 3 aromatic rings. The van der Waals surface area contributed by atoms with Gasteiger partial charge in [0.25, 0.3) is 0 Å². The highest BCUT2D eigenvalue weighted by Gasteiger charge is 2.16. The molecular weight excluding hydrogens is 372 g/mol. The molecule has 0 amide bonds. The van der Waals surface area contributed by atoms with Gasteiger partial charge in [0.1, 0.15) is 0 Å². The zero-order valence-corrected chi connectivity index (χ0v) is 15.8. The molecule has 1 aromatic heterocycles. The first-order chi connectivity index (χ1) is 12.7. The van der Waals surface area contributed by atoms with E-state index in [1.54, 1.807) is 16.4 Å². The van der Waals surface area contributed by atoms with Crippen molar-refractivity contribution in [2.75, 3.05) is 13.2 Å². The topological polar surface area (TPSA) is 62.1 Å². The van der Waals surface area contributed by atoms with Crippen molar-refractivity contribution in [2.24, 2.45) is 0 Å². The van der Waals surface area contributed by atoms with Gasteiger partial charge in [-0.1, -0.05) is 41.1 Å². The number of nitrogens with zero attached hydrogens (tertiary/aromatic N) is 4. The molecule has 0 unspecified atom stereocenters. The Kier molecular flexibility index (Phi) is 4.99. The number of aromatic nitrogens is 4. The minimum Gasteiger partial charge on any atom is -0.489 e. The van der Waals surface area contributed by atoms with Gasteiger partial charge in [0.15, 0.2) is 11.5 Å². The molecule has 2 heterocycles. The summed E-state index contributed by atoms with van der Waals surface area (Å²) in [7, 11) is 0. The number of ether oxygens (including phenoxy) is 2. The van der Waals surface area contributed by atoms with Crippen molar-refractivity contribution in [3.63, 3.8) is 0 Å². The Bertz CT molecular complexity index is 914. The molecule has 26 heavy (non-hydrogen) atoms. The van der Waals surface area contributed by atoms with E-state index in [1.807, 2.05) is 43.3 Å². The van der Waals surface area contributed by atoms with E-state index in [4.69, 9.17) is 21.1 Å². The van der Waals surface area contributed by atoms with Crippen LogP contribution in [0.15, 0.2) is 41.6 Å². The average Bonchev–Trinajstić information content (AvgIpc) is 2.97. The van der Waals surface area contributed by atoms with E-state index in [2.05, 4.69) is 15.5 Å². The maximum absolute atomic E-state index is 6.36. The normalized spacial score (nSPS) is 13.5. The molecule has 0 atom stereocenters. The Labute approximate surface area is 160 Å². The monoisotopic (exact) mass is 388 g/mol. The molecule has 134 valence electrons. The summed E-state index contributed by atoms with van der Waals surface area (Å²) in [5, 5.41) is 13.3. The molecule has 0 saturated heterocycles. The smallest absolute Gasteiger partial charge is 0.214 e. The van der Waals surface area contributed by atoms with Gasteiger partial charge >= 0.3 is 0 Å². The number of rotatable bonds is 4. The van der Waals surface area contributed by atoms with Crippen LogP contribution in [0.25, 0.3) is 5.69 Å². The van der Waals surface area contributed by atoms with Gasteiger partial charge in [-0.2, -0.15) is 4.68 Å². The van der Waals surface area contributed by atoms with E-state index in [0.717, 1.165) is 22.8 Å². The van der Waals surface area contributed by atoms with Crippen LogP contribution in [0.4, 0.5) is 0 Å². The van der Waals surface area contributed by atoms with Crippen LogP contribution >= 0.6 is 23.4 Å². The highest BCUT2D eigenvalue weighted by atomic mass is 35.5. The Morgan fingerprint density at radius 2 is 1.96 bits per heavy atom. The Morgan fingerprint density at radius 3 is 2.81 bits per heavy atom. The van der Waals surface area contributed by atoms with Crippen LogP contribution in [0.1, 0.15) is 17.5 Å². The van der Waals surface area contributed by atoms with Crippen LogP contribution in [0.5, 0.6) is 11.5 Å². The SMILES string of the molecule is Cc1ccc(-n2nnnc2SCc2cc(Cl)c3c(c2)OCCCO3)cc1. The summed E-state index contributed by atoms with van der Waals surface area (Å²) < 4.78 is 13.1. The van der Waals surface area contributed by atoms with Gasteiger partial charge in [0.05, 0.1) is 23.9 Å². The van der Waals surface area contributed by atoms with Gasteiger partial charge in [-0.3, -0.25) is 0 Å². The van der Waals surface area contributed by atoms with Gasteiger partial charge < -0.3 is 9.47 Å². The second-order valence-electron chi connectivity index (χ2n) is 5.95. The molecule has 0 radical (unpaired) electrons. The molecule has 0 spiro atoms. The fourth-order valence-corrected chi connectivity index (χ4v) is 3.74. The van der Waals surface area contributed by atoms with E-state index < -0.39 is 0 Å². The highest BCUT2D eigenvalue weighted by molar-refractivity contribution is 7.98. The van der Waals surface area contributed by atoms with Crippen molar-refractivity contribution in [1.82, 2.24) is 20.2 Å². The molecule has 6 nitrogen and oxygen atoms in total. The van der Waals surface area contributed by atoms with Gasteiger partial charge in [-0.15, -0.1) is 5.10 Å². The van der Waals surface area contributed by atoms with Crippen molar-refractivity contribution < 1.29 is 9.47 Å². The summed E-state index contributed by atoms with van der Waals surface area (Å²) in [5.74, 6) is 1.99. The molecule has 0 bridgehead atoms. The molecule has 1 aliphatic heterocycles. The summed E-state index contributed by atoms with van der Waals surface area (Å²) in [6, 6.07) is 12.0. The summed E-state index contributed by atoms with van der Waals surface area (Å²) in [4.78, 5) is 0. The number of benzene rings is 2. The lowest BCUT2D eigenvalue weighted by Crippen LogP contribution is -1.99. The third-order valence-corrected chi connectivity index (χ3v) is 5.22. The number of tetrazole rings is 1. The Balaban J connectivity index is 1.53. The molecule has 8 heteroatoms. The molecule has 4 rings (SSSR count). The number of fused-ring (bicyclic) bond motifs is 1. The van der Waals surface area contributed by atoms with Crippen LogP contribution in [0.2, 0.25) is 5.02 Å². The minimum absolute atomic E-state index is 0.568. The third-order valence-electron chi connectivity index (χ3n) is 3.95. The Morgan fingerprint density at radius 1 is 1.15 bits per heavy atom. The first-order valence-corrected chi connectivity index (χ1v) is 9.63. The second kappa shape index (κ2) is 7.55. The van der Waals surface area contributed by atoms with E-state index in [9.17, 15) is 0 Å². The number of halogens is 1. The fraction of sp³-hybridized carbons (Fsp3) is 0.278. The van der Waals surface area contributed by atoms with Crippen LogP contribution in [0.3, 0.4) is 0 Å². The predicted octanol–water partition coefficient (Wildman–Crippen LogP) is 4.08. The summed E-state index contributed by atoms with van der Waals surface area (Å²) in [6.07, 6.45) is 0.848. The third kappa shape index (κ3) is 3.64. The van der Waals surface area contributed by atoms with E-state index in [1.165, 1.54) is 5.56 Å². The summed E-state index contributed by atoms with van der Waals surface area (Å²) in [6.45, 7) is 3.30. The van der Waals surface area contributed by atoms with Crippen molar-refractivity contribution in [3.8, 4) is 17.2 Å². The summed E-state index contributed by atoms with van der Waals surface area (Å²) >= 11 is 7.90. The number of hydrogen-bond donors (Lipinski definition) is 0. The van der Waals surface area contributed by atoms with E-state index in [0.29, 0.717) is 35.5 Å². The van der Waals surface area contributed by atoms with Gasteiger partial charge in [-0.25, -0.2) is 0 Å². The molecule has 2 aromatic carbocycles.